The molecular weight excluding hydrogens is 306 g/mol. The third-order valence-electron chi connectivity index (χ3n) is 5.51. The summed E-state index contributed by atoms with van der Waals surface area (Å²) in [7, 11) is 4.41. The van der Waals surface area contributed by atoms with E-state index in [1.165, 1.54) is 27.7 Å². The van der Waals surface area contributed by atoms with Crippen LogP contribution in [0.25, 0.3) is 10.9 Å². The number of nitrogens with one attached hydrogen (secondary N) is 1. The normalized spacial score (nSPS) is 21.4. The Morgan fingerprint density at radius 3 is 2.52 bits per heavy atom. The van der Waals surface area contributed by atoms with Crippen LogP contribution in [0.15, 0.2) is 54.6 Å². The van der Waals surface area contributed by atoms with Crippen LogP contribution in [0, 0.1) is 6.92 Å². The van der Waals surface area contributed by atoms with E-state index in [4.69, 9.17) is 0 Å². The molecular formula is C22H27N3. The maximum Gasteiger partial charge on any atom is 0.0456 e. The predicted molar refractivity (Wildman–Crippen MR) is 105 cm³/mol. The van der Waals surface area contributed by atoms with Gasteiger partial charge in [0.2, 0.25) is 0 Å². The van der Waals surface area contributed by atoms with Crippen LogP contribution >= 0.6 is 0 Å². The molecule has 4 rings (SSSR count). The van der Waals surface area contributed by atoms with Gasteiger partial charge in [0.05, 0.1) is 0 Å². The summed E-state index contributed by atoms with van der Waals surface area (Å²) in [4.78, 5) is 8.54. The van der Waals surface area contributed by atoms with Crippen molar-refractivity contribution in [3.63, 3.8) is 0 Å². The summed E-state index contributed by atoms with van der Waals surface area (Å²) in [6.45, 7) is 5.37. The van der Waals surface area contributed by atoms with Crippen LogP contribution < -0.4 is 0 Å². The molecule has 3 heteroatoms. The first kappa shape index (κ1) is 16.4. The Kier molecular flexibility index (Phi) is 4.36. The van der Waals surface area contributed by atoms with E-state index in [2.05, 4.69) is 90.4 Å². The van der Waals surface area contributed by atoms with Gasteiger partial charge < -0.3 is 9.88 Å². The van der Waals surface area contributed by atoms with Crippen molar-refractivity contribution >= 4 is 10.9 Å². The molecule has 1 fully saturated rings. The van der Waals surface area contributed by atoms with Gasteiger partial charge in [0, 0.05) is 42.8 Å². The van der Waals surface area contributed by atoms with Crippen molar-refractivity contribution < 1.29 is 0 Å². The molecule has 1 aliphatic rings. The van der Waals surface area contributed by atoms with Gasteiger partial charge in [-0.2, -0.15) is 0 Å². The molecule has 25 heavy (non-hydrogen) atoms. The fourth-order valence-electron chi connectivity index (χ4n) is 4.12. The van der Waals surface area contributed by atoms with Gasteiger partial charge in [0.1, 0.15) is 0 Å². The number of hydrogen-bond donors (Lipinski definition) is 1. The molecule has 0 radical (unpaired) electrons. The number of para-hydroxylation sites is 1. The molecule has 2 aromatic carbocycles. The van der Waals surface area contributed by atoms with Crippen molar-refractivity contribution in [1.29, 1.82) is 0 Å². The molecule has 0 bridgehead atoms. The van der Waals surface area contributed by atoms with E-state index >= 15 is 0 Å². The highest BCUT2D eigenvalue weighted by Crippen LogP contribution is 2.31. The van der Waals surface area contributed by atoms with Crippen molar-refractivity contribution in [3.8, 4) is 0 Å². The quantitative estimate of drug-likeness (QED) is 0.779. The van der Waals surface area contributed by atoms with Gasteiger partial charge in [-0.05, 0) is 44.1 Å². The van der Waals surface area contributed by atoms with Crippen LogP contribution in [0.2, 0.25) is 0 Å². The van der Waals surface area contributed by atoms with E-state index in [0.717, 1.165) is 19.6 Å². The minimum atomic E-state index is 0.562. The fraction of sp³-hybridized carbons (Fsp3) is 0.364. The van der Waals surface area contributed by atoms with E-state index in [9.17, 15) is 0 Å². The zero-order valence-corrected chi connectivity index (χ0v) is 15.4. The van der Waals surface area contributed by atoms with Crippen LogP contribution in [0.3, 0.4) is 0 Å². The number of H-pyrrole nitrogens is 1. The van der Waals surface area contributed by atoms with E-state index < -0.39 is 0 Å². The molecule has 1 N–H and O–H groups in total. The molecule has 2 atom stereocenters. The van der Waals surface area contributed by atoms with Gasteiger partial charge in [-0.1, -0.05) is 48.0 Å². The Bertz CT molecular complexity index is 814. The fourth-order valence-corrected chi connectivity index (χ4v) is 4.12. The lowest BCUT2D eigenvalue weighted by Crippen LogP contribution is -2.34. The average Bonchev–Trinajstić information content (AvgIpc) is 3.19. The molecule has 130 valence electrons. The number of aryl methyl sites for hydroxylation is 1. The Morgan fingerprint density at radius 1 is 1.04 bits per heavy atom. The third-order valence-corrected chi connectivity index (χ3v) is 5.51. The van der Waals surface area contributed by atoms with Gasteiger partial charge in [-0.15, -0.1) is 0 Å². The van der Waals surface area contributed by atoms with Crippen molar-refractivity contribution in [3.05, 3.63) is 71.4 Å². The summed E-state index contributed by atoms with van der Waals surface area (Å²) in [5.74, 6) is 0.569. The first-order valence-corrected chi connectivity index (χ1v) is 9.12. The number of aromatic nitrogens is 1. The lowest BCUT2D eigenvalue weighted by atomic mass is 9.93. The van der Waals surface area contributed by atoms with Crippen molar-refractivity contribution in [2.75, 3.05) is 27.2 Å². The molecule has 2 heterocycles. The Hall–Kier alpha value is -2.10. The predicted octanol–water partition coefficient (Wildman–Crippen LogP) is 4.01. The number of aromatic amines is 1. The lowest BCUT2D eigenvalue weighted by Gasteiger charge is -2.25. The van der Waals surface area contributed by atoms with Crippen LogP contribution in [-0.4, -0.2) is 48.0 Å². The highest BCUT2D eigenvalue weighted by Gasteiger charge is 2.35. The van der Waals surface area contributed by atoms with Gasteiger partial charge >= 0.3 is 0 Å². The molecule has 1 saturated heterocycles. The first-order chi connectivity index (χ1) is 12.1. The summed E-state index contributed by atoms with van der Waals surface area (Å²) in [6, 6.07) is 20.5. The minimum absolute atomic E-state index is 0.562. The van der Waals surface area contributed by atoms with Crippen LogP contribution in [-0.2, 0) is 6.54 Å². The molecule has 0 unspecified atom stereocenters. The Morgan fingerprint density at radius 2 is 1.80 bits per heavy atom. The average molecular weight is 333 g/mol. The first-order valence-electron chi connectivity index (χ1n) is 9.12. The van der Waals surface area contributed by atoms with E-state index in [1.807, 2.05) is 0 Å². The molecule has 1 aromatic heterocycles. The molecule has 0 spiro atoms. The third kappa shape index (κ3) is 3.35. The van der Waals surface area contributed by atoms with Crippen LogP contribution in [0.4, 0.5) is 0 Å². The van der Waals surface area contributed by atoms with Crippen molar-refractivity contribution in [1.82, 2.24) is 14.8 Å². The van der Waals surface area contributed by atoms with Crippen LogP contribution in [0.1, 0.15) is 22.7 Å². The number of hydrogen-bond acceptors (Lipinski definition) is 2. The summed E-state index contributed by atoms with van der Waals surface area (Å²) in [6.07, 6.45) is 0. The second-order valence-electron chi connectivity index (χ2n) is 7.62. The second kappa shape index (κ2) is 6.66. The number of benzene rings is 2. The summed E-state index contributed by atoms with van der Waals surface area (Å²) >= 11 is 0. The number of likely N-dealkylation sites (N-methyl/N-ethyl adjacent to an activating group) is 1. The van der Waals surface area contributed by atoms with E-state index in [0.29, 0.717) is 12.0 Å². The summed E-state index contributed by atoms with van der Waals surface area (Å²) in [5, 5.41) is 1.30. The monoisotopic (exact) mass is 333 g/mol. The van der Waals surface area contributed by atoms with Gasteiger partial charge in [0.25, 0.3) is 0 Å². The second-order valence-corrected chi connectivity index (χ2v) is 7.62. The largest absolute Gasteiger partial charge is 0.357 e. The van der Waals surface area contributed by atoms with Crippen molar-refractivity contribution in [2.45, 2.75) is 25.4 Å². The minimum Gasteiger partial charge on any atom is -0.357 e. The zero-order valence-electron chi connectivity index (χ0n) is 15.4. The van der Waals surface area contributed by atoms with E-state index in [-0.39, 0.29) is 0 Å². The summed E-state index contributed by atoms with van der Waals surface area (Å²) < 4.78 is 0. The summed E-state index contributed by atoms with van der Waals surface area (Å²) in [5.41, 5.74) is 5.33. The number of fused-ring (bicyclic) bond motifs is 1. The maximum absolute atomic E-state index is 3.57. The zero-order chi connectivity index (χ0) is 17.4. The number of rotatable bonds is 4. The molecule has 0 aliphatic carbocycles. The highest BCUT2D eigenvalue weighted by molar-refractivity contribution is 5.80. The van der Waals surface area contributed by atoms with Gasteiger partial charge in [0.15, 0.2) is 0 Å². The highest BCUT2D eigenvalue weighted by atomic mass is 15.2. The number of nitrogens with zero attached hydrogens (tertiary/aromatic N) is 2. The maximum atomic E-state index is 3.57. The Labute approximate surface area is 150 Å². The van der Waals surface area contributed by atoms with Gasteiger partial charge in [-0.3, -0.25) is 4.90 Å². The SMILES string of the molecule is Cc1ccc([C@@H]2CN(Cc3cc4ccccc4[nH]3)C[C@H]2N(C)C)cc1. The van der Waals surface area contributed by atoms with Crippen LogP contribution in [0.5, 0.6) is 0 Å². The van der Waals surface area contributed by atoms with Gasteiger partial charge in [-0.25, -0.2) is 0 Å². The molecule has 0 saturated carbocycles. The topological polar surface area (TPSA) is 22.3 Å². The Balaban J connectivity index is 1.54. The lowest BCUT2D eigenvalue weighted by molar-refractivity contribution is 0.259. The molecule has 0 amide bonds. The number of likely N-dealkylation sites (tertiary alicyclic amines) is 1. The molecule has 3 aromatic rings. The van der Waals surface area contributed by atoms with E-state index in [1.54, 1.807) is 0 Å². The smallest absolute Gasteiger partial charge is 0.0456 e. The molecule has 1 aliphatic heterocycles. The van der Waals surface area contributed by atoms with Crippen molar-refractivity contribution in [2.24, 2.45) is 0 Å². The standard InChI is InChI=1S/C22H27N3/c1-16-8-10-17(11-9-16)20-14-25(15-22(20)24(2)3)13-19-12-18-6-4-5-7-21(18)23-19/h4-12,20,22-23H,13-15H2,1-3H3/t20-,22+/m0/s1. The molecule has 3 nitrogen and oxygen atoms in total.